The fourth-order valence-corrected chi connectivity index (χ4v) is 3.74. The third kappa shape index (κ3) is 2.05. The molecule has 1 amide bonds. The number of hydrogen-bond acceptors (Lipinski definition) is 2. The highest BCUT2D eigenvalue weighted by molar-refractivity contribution is 5.96. The Bertz CT molecular complexity index is 523. The highest BCUT2D eigenvalue weighted by atomic mass is 16.2. The summed E-state index contributed by atoms with van der Waals surface area (Å²) in [4.78, 5) is 26.4. The molecule has 0 radical (unpaired) electrons. The number of nitrogens with zero attached hydrogens (tertiary/aromatic N) is 1. The van der Waals surface area contributed by atoms with Crippen molar-refractivity contribution in [3.8, 4) is 0 Å². The molecule has 0 aliphatic carbocycles. The molecule has 0 bridgehead atoms. The van der Waals surface area contributed by atoms with E-state index in [-0.39, 0.29) is 23.8 Å². The minimum absolute atomic E-state index is 0.0675. The van der Waals surface area contributed by atoms with Crippen LogP contribution in [0.25, 0.3) is 0 Å². The van der Waals surface area contributed by atoms with Gasteiger partial charge in [-0.2, -0.15) is 0 Å². The van der Waals surface area contributed by atoms with Crippen LogP contribution in [0.3, 0.4) is 0 Å². The summed E-state index contributed by atoms with van der Waals surface area (Å²) in [5.41, 5.74) is 1.16. The van der Waals surface area contributed by atoms with Gasteiger partial charge in [0.05, 0.1) is 12.1 Å². The Morgan fingerprint density at radius 1 is 1.10 bits per heavy atom. The first-order chi connectivity index (χ1) is 9.59. The molecule has 0 N–H and O–H groups in total. The predicted octanol–water partition coefficient (Wildman–Crippen LogP) is 2.96. The lowest BCUT2D eigenvalue weighted by molar-refractivity contribution is -0.145. The van der Waals surface area contributed by atoms with E-state index >= 15 is 0 Å². The smallest absolute Gasteiger partial charge is 0.224 e. The maximum absolute atomic E-state index is 12.3. The second-order valence-corrected chi connectivity index (χ2v) is 6.28. The third-order valence-electron chi connectivity index (χ3n) is 4.78. The number of ketones is 1. The summed E-state index contributed by atoms with van der Waals surface area (Å²) in [6.45, 7) is 4.38. The summed E-state index contributed by atoms with van der Waals surface area (Å²) in [6, 6.07) is 10.0. The van der Waals surface area contributed by atoms with Crippen molar-refractivity contribution in [2.45, 2.75) is 45.2 Å². The molecule has 1 aromatic carbocycles. The molecule has 3 atom stereocenters. The summed E-state index contributed by atoms with van der Waals surface area (Å²) in [7, 11) is 0. The van der Waals surface area contributed by atoms with Crippen LogP contribution < -0.4 is 0 Å². The van der Waals surface area contributed by atoms with Gasteiger partial charge in [-0.25, -0.2) is 0 Å². The molecule has 3 nitrogen and oxygen atoms in total. The van der Waals surface area contributed by atoms with Crippen LogP contribution in [-0.4, -0.2) is 22.6 Å². The average Bonchev–Trinajstić information content (AvgIpc) is 2.86. The standard InChI is InChI=1S/C17H21NO2/c1-11(2)13-10-14-15(19)8-9-16(20)18(14)17(13)12-6-4-3-5-7-12/h3-7,11,13-14,17H,8-10H2,1-2H3/t13-,14-,17-/m0/s1. The van der Waals surface area contributed by atoms with E-state index in [0.29, 0.717) is 24.7 Å². The quantitative estimate of drug-likeness (QED) is 0.829. The van der Waals surface area contributed by atoms with Crippen molar-refractivity contribution in [1.82, 2.24) is 4.90 Å². The SMILES string of the molecule is CC(C)[C@@H]1C[C@H]2C(=O)CCC(=O)N2[C@H]1c1ccccc1. The zero-order chi connectivity index (χ0) is 14.3. The highest BCUT2D eigenvalue weighted by Crippen LogP contribution is 2.46. The van der Waals surface area contributed by atoms with Gasteiger partial charge in [0.2, 0.25) is 5.91 Å². The Morgan fingerprint density at radius 2 is 1.80 bits per heavy atom. The molecule has 2 heterocycles. The van der Waals surface area contributed by atoms with E-state index in [0.717, 1.165) is 12.0 Å². The van der Waals surface area contributed by atoms with E-state index in [1.165, 1.54) is 0 Å². The first-order valence-electron chi connectivity index (χ1n) is 7.48. The molecule has 0 unspecified atom stereocenters. The molecule has 2 aliphatic heterocycles. The van der Waals surface area contributed by atoms with E-state index in [4.69, 9.17) is 0 Å². The van der Waals surface area contributed by atoms with Gasteiger partial charge in [0.25, 0.3) is 0 Å². The molecule has 0 spiro atoms. The summed E-state index contributed by atoms with van der Waals surface area (Å²) >= 11 is 0. The molecule has 3 heteroatoms. The Hall–Kier alpha value is -1.64. The van der Waals surface area contributed by atoms with Crippen molar-refractivity contribution in [3.05, 3.63) is 35.9 Å². The van der Waals surface area contributed by atoms with Crippen LogP contribution in [0.4, 0.5) is 0 Å². The van der Waals surface area contributed by atoms with Gasteiger partial charge in [0.15, 0.2) is 5.78 Å². The fraction of sp³-hybridized carbons (Fsp3) is 0.529. The zero-order valence-electron chi connectivity index (χ0n) is 12.1. The number of carbonyl (C=O) groups is 2. The van der Waals surface area contributed by atoms with Gasteiger partial charge in [-0.3, -0.25) is 9.59 Å². The second kappa shape index (κ2) is 5.04. The number of fused-ring (bicyclic) bond motifs is 1. The molecule has 3 rings (SSSR count). The molecule has 20 heavy (non-hydrogen) atoms. The maximum Gasteiger partial charge on any atom is 0.224 e. The minimum Gasteiger partial charge on any atom is -0.325 e. The van der Waals surface area contributed by atoms with Gasteiger partial charge in [-0.15, -0.1) is 0 Å². The fourth-order valence-electron chi connectivity index (χ4n) is 3.74. The lowest BCUT2D eigenvalue weighted by Crippen LogP contribution is -2.46. The number of carbonyl (C=O) groups excluding carboxylic acids is 2. The van der Waals surface area contributed by atoms with Crippen LogP contribution in [0.2, 0.25) is 0 Å². The van der Waals surface area contributed by atoms with Gasteiger partial charge in [0, 0.05) is 12.8 Å². The van der Waals surface area contributed by atoms with Gasteiger partial charge < -0.3 is 4.90 Å². The van der Waals surface area contributed by atoms with Crippen LogP contribution in [0.5, 0.6) is 0 Å². The van der Waals surface area contributed by atoms with Gasteiger partial charge in [0.1, 0.15) is 0 Å². The normalized spacial score (nSPS) is 29.9. The van der Waals surface area contributed by atoms with E-state index in [9.17, 15) is 9.59 Å². The molecular formula is C17H21NO2. The Labute approximate surface area is 120 Å². The predicted molar refractivity (Wildman–Crippen MR) is 77.0 cm³/mol. The number of amides is 1. The molecule has 2 saturated heterocycles. The van der Waals surface area contributed by atoms with Crippen molar-refractivity contribution in [2.24, 2.45) is 11.8 Å². The number of rotatable bonds is 2. The van der Waals surface area contributed by atoms with Crippen molar-refractivity contribution in [3.63, 3.8) is 0 Å². The number of Topliss-reactive ketones (excluding diaryl/α,β-unsaturated/α-hetero) is 1. The molecular weight excluding hydrogens is 250 g/mol. The van der Waals surface area contributed by atoms with Crippen LogP contribution in [-0.2, 0) is 9.59 Å². The van der Waals surface area contributed by atoms with Crippen LogP contribution in [0.1, 0.15) is 44.7 Å². The van der Waals surface area contributed by atoms with E-state index in [2.05, 4.69) is 26.0 Å². The van der Waals surface area contributed by atoms with E-state index < -0.39 is 0 Å². The first kappa shape index (κ1) is 13.3. The maximum atomic E-state index is 12.3. The summed E-state index contributed by atoms with van der Waals surface area (Å²) in [6.07, 6.45) is 1.62. The lowest BCUT2D eigenvalue weighted by atomic mass is 9.84. The molecule has 1 aromatic rings. The average molecular weight is 271 g/mol. The second-order valence-electron chi connectivity index (χ2n) is 6.28. The molecule has 2 aliphatic rings. The van der Waals surface area contributed by atoms with Crippen molar-refractivity contribution < 1.29 is 9.59 Å². The topological polar surface area (TPSA) is 37.4 Å². The molecule has 2 fully saturated rings. The molecule has 106 valence electrons. The van der Waals surface area contributed by atoms with Gasteiger partial charge >= 0.3 is 0 Å². The zero-order valence-corrected chi connectivity index (χ0v) is 12.1. The molecule has 0 aromatic heterocycles. The van der Waals surface area contributed by atoms with Crippen LogP contribution in [0.15, 0.2) is 30.3 Å². The summed E-state index contributed by atoms with van der Waals surface area (Å²) < 4.78 is 0. The third-order valence-corrected chi connectivity index (χ3v) is 4.78. The Balaban J connectivity index is 2.03. The van der Waals surface area contributed by atoms with Crippen molar-refractivity contribution in [1.29, 1.82) is 0 Å². The summed E-state index contributed by atoms with van der Waals surface area (Å²) in [5, 5.41) is 0. The van der Waals surface area contributed by atoms with E-state index in [1.54, 1.807) is 0 Å². The van der Waals surface area contributed by atoms with Crippen molar-refractivity contribution >= 4 is 11.7 Å². The summed E-state index contributed by atoms with van der Waals surface area (Å²) in [5.74, 6) is 1.22. The molecule has 0 saturated carbocycles. The van der Waals surface area contributed by atoms with Crippen LogP contribution in [0, 0.1) is 11.8 Å². The highest BCUT2D eigenvalue weighted by Gasteiger charge is 2.49. The van der Waals surface area contributed by atoms with Gasteiger partial charge in [-0.1, -0.05) is 44.2 Å². The largest absolute Gasteiger partial charge is 0.325 e. The van der Waals surface area contributed by atoms with Crippen LogP contribution >= 0.6 is 0 Å². The number of benzene rings is 1. The Kier molecular flexibility index (Phi) is 3.36. The minimum atomic E-state index is -0.186. The number of piperidine rings is 1. The van der Waals surface area contributed by atoms with E-state index in [1.807, 2.05) is 23.1 Å². The van der Waals surface area contributed by atoms with Crippen molar-refractivity contribution in [2.75, 3.05) is 0 Å². The first-order valence-corrected chi connectivity index (χ1v) is 7.48. The lowest BCUT2D eigenvalue weighted by Gasteiger charge is -2.35. The number of hydrogen-bond donors (Lipinski definition) is 0. The monoisotopic (exact) mass is 271 g/mol. The van der Waals surface area contributed by atoms with Gasteiger partial charge in [-0.05, 0) is 23.8 Å². The Morgan fingerprint density at radius 3 is 2.45 bits per heavy atom.